The van der Waals surface area contributed by atoms with E-state index >= 15 is 0 Å². The predicted molar refractivity (Wildman–Crippen MR) is 61.8 cm³/mol. The third-order valence-electron chi connectivity index (χ3n) is 1.22. The second-order valence-electron chi connectivity index (χ2n) is 2.86. The fourth-order valence-corrected chi connectivity index (χ4v) is 0.637. The van der Waals surface area contributed by atoms with Crippen molar-refractivity contribution in [3.63, 3.8) is 0 Å². The van der Waals surface area contributed by atoms with Crippen LogP contribution in [0.15, 0.2) is 24.3 Å². The smallest absolute Gasteiger partial charge is 0.0398 e. The van der Waals surface area contributed by atoms with E-state index in [4.69, 9.17) is 0 Å². The Balaban J connectivity index is 0. The summed E-state index contributed by atoms with van der Waals surface area (Å²) in [4.78, 5) is 0. The SMILES string of the molecule is C#C.CCC.Cc1ccc(C)cc1. The van der Waals surface area contributed by atoms with Crippen LogP contribution in [0.1, 0.15) is 31.4 Å². The Hall–Kier alpha value is -1.22. The topological polar surface area (TPSA) is 0 Å². The van der Waals surface area contributed by atoms with Gasteiger partial charge >= 0.3 is 0 Å². The minimum absolute atomic E-state index is 1.25. The maximum atomic E-state index is 4.00. The van der Waals surface area contributed by atoms with Crippen molar-refractivity contribution in [2.24, 2.45) is 0 Å². The van der Waals surface area contributed by atoms with Crippen molar-refractivity contribution in [1.29, 1.82) is 0 Å². The second-order valence-corrected chi connectivity index (χ2v) is 2.86. The van der Waals surface area contributed by atoms with E-state index in [1.165, 1.54) is 17.5 Å². The second kappa shape index (κ2) is 10.8. The van der Waals surface area contributed by atoms with Crippen molar-refractivity contribution in [2.45, 2.75) is 34.1 Å². The van der Waals surface area contributed by atoms with Crippen LogP contribution in [-0.4, -0.2) is 0 Å². The van der Waals surface area contributed by atoms with E-state index in [0.29, 0.717) is 0 Å². The van der Waals surface area contributed by atoms with E-state index in [9.17, 15) is 0 Å². The predicted octanol–water partition coefficient (Wildman–Crippen LogP) is 3.97. The van der Waals surface area contributed by atoms with Gasteiger partial charge in [0, 0.05) is 0 Å². The van der Waals surface area contributed by atoms with Crippen molar-refractivity contribution < 1.29 is 0 Å². The minimum Gasteiger partial charge on any atom is -0.124 e. The molecule has 0 aliphatic heterocycles. The lowest BCUT2D eigenvalue weighted by Gasteiger charge is -1.90. The summed E-state index contributed by atoms with van der Waals surface area (Å²) in [6.45, 7) is 8.44. The first kappa shape index (κ1) is 14.3. The number of hydrogen-bond acceptors (Lipinski definition) is 0. The molecule has 0 amide bonds. The first-order valence-corrected chi connectivity index (χ1v) is 4.57. The van der Waals surface area contributed by atoms with Gasteiger partial charge in [0.15, 0.2) is 0 Å². The lowest BCUT2D eigenvalue weighted by molar-refractivity contribution is 1.09. The molecule has 0 aliphatic carbocycles. The van der Waals surface area contributed by atoms with Gasteiger partial charge in [-0.1, -0.05) is 55.7 Å². The molecule has 0 fully saturated rings. The molecule has 0 atom stereocenters. The minimum atomic E-state index is 1.25. The molecular formula is C13H20. The molecule has 0 heteroatoms. The first-order chi connectivity index (χ1) is 6.20. The molecule has 0 saturated heterocycles. The van der Waals surface area contributed by atoms with Gasteiger partial charge in [0.25, 0.3) is 0 Å². The van der Waals surface area contributed by atoms with Gasteiger partial charge in [-0.15, -0.1) is 12.8 Å². The first-order valence-electron chi connectivity index (χ1n) is 4.57. The monoisotopic (exact) mass is 176 g/mol. The Kier molecular flexibility index (Phi) is 11.9. The van der Waals surface area contributed by atoms with E-state index in [0.717, 1.165) is 0 Å². The lowest BCUT2D eigenvalue weighted by atomic mass is 10.2. The lowest BCUT2D eigenvalue weighted by Crippen LogP contribution is -1.70. The van der Waals surface area contributed by atoms with Gasteiger partial charge in [-0.2, -0.15) is 0 Å². The summed E-state index contributed by atoms with van der Waals surface area (Å²) >= 11 is 0. The van der Waals surface area contributed by atoms with Gasteiger partial charge in [0.2, 0.25) is 0 Å². The van der Waals surface area contributed by atoms with Crippen LogP contribution >= 0.6 is 0 Å². The third-order valence-corrected chi connectivity index (χ3v) is 1.22. The zero-order valence-corrected chi connectivity index (χ0v) is 9.17. The summed E-state index contributed by atoms with van der Waals surface area (Å²) in [7, 11) is 0. The molecule has 0 aliphatic rings. The highest BCUT2D eigenvalue weighted by Gasteiger charge is 1.79. The maximum Gasteiger partial charge on any atom is -0.0398 e. The molecule has 1 aromatic carbocycles. The summed E-state index contributed by atoms with van der Waals surface area (Å²) in [6.07, 6.45) is 9.25. The van der Waals surface area contributed by atoms with Crippen LogP contribution < -0.4 is 0 Å². The van der Waals surface area contributed by atoms with Crippen molar-refractivity contribution in [1.82, 2.24) is 0 Å². The summed E-state index contributed by atoms with van der Waals surface area (Å²) < 4.78 is 0. The Morgan fingerprint density at radius 3 is 1.15 bits per heavy atom. The van der Waals surface area contributed by atoms with E-state index in [-0.39, 0.29) is 0 Å². The van der Waals surface area contributed by atoms with E-state index in [1.807, 2.05) is 0 Å². The van der Waals surface area contributed by atoms with Crippen LogP contribution in [0, 0.1) is 26.7 Å². The molecule has 0 saturated carbocycles. The Morgan fingerprint density at radius 2 is 1.00 bits per heavy atom. The highest BCUT2D eigenvalue weighted by Crippen LogP contribution is 1.99. The highest BCUT2D eigenvalue weighted by atomic mass is 13.9. The van der Waals surface area contributed by atoms with Gasteiger partial charge < -0.3 is 0 Å². The van der Waals surface area contributed by atoms with Crippen LogP contribution in [0.4, 0.5) is 0 Å². The van der Waals surface area contributed by atoms with Gasteiger partial charge in [-0.05, 0) is 13.8 Å². The van der Waals surface area contributed by atoms with Crippen molar-refractivity contribution in [3.05, 3.63) is 35.4 Å². The van der Waals surface area contributed by atoms with Crippen molar-refractivity contribution in [2.75, 3.05) is 0 Å². The number of aryl methyl sites for hydroxylation is 2. The zero-order valence-electron chi connectivity index (χ0n) is 9.17. The Morgan fingerprint density at radius 1 is 0.846 bits per heavy atom. The molecule has 0 bridgehead atoms. The molecule has 0 heterocycles. The molecule has 1 aromatic rings. The van der Waals surface area contributed by atoms with Crippen LogP contribution in [-0.2, 0) is 0 Å². The number of benzene rings is 1. The largest absolute Gasteiger partial charge is 0.124 e. The van der Waals surface area contributed by atoms with Crippen LogP contribution in [0.2, 0.25) is 0 Å². The van der Waals surface area contributed by atoms with Gasteiger partial charge in [-0.3, -0.25) is 0 Å². The summed E-state index contributed by atoms with van der Waals surface area (Å²) in [6, 6.07) is 8.48. The summed E-state index contributed by atoms with van der Waals surface area (Å²) in [5, 5.41) is 0. The average molecular weight is 176 g/mol. The van der Waals surface area contributed by atoms with Gasteiger partial charge in [0.05, 0.1) is 0 Å². The molecule has 13 heavy (non-hydrogen) atoms. The molecule has 72 valence electrons. The van der Waals surface area contributed by atoms with Crippen molar-refractivity contribution in [3.8, 4) is 12.8 Å². The fraction of sp³-hybridized carbons (Fsp3) is 0.385. The molecule has 0 N–H and O–H groups in total. The molecule has 0 radical (unpaired) electrons. The van der Waals surface area contributed by atoms with Crippen LogP contribution in [0.5, 0.6) is 0 Å². The highest BCUT2D eigenvalue weighted by molar-refractivity contribution is 5.19. The molecule has 0 nitrogen and oxygen atoms in total. The maximum absolute atomic E-state index is 4.00. The fourth-order valence-electron chi connectivity index (χ4n) is 0.637. The number of hydrogen-bond donors (Lipinski definition) is 0. The quantitative estimate of drug-likeness (QED) is 0.525. The summed E-state index contributed by atoms with van der Waals surface area (Å²) in [5.41, 5.74) is 2.66. The van der Waals surface area contributed by atoms with Crippen LogP contribution in [0.3, 0.4) is 0 Å². The van der Waals surface area contributed by atoms with Gasteiger partial charge in [-0.25, -0.2) is 0 Å². The molecule has 0 spiro atoms. The molecular weight excluding hydrogens is 156 g/mol. The standard InChI is InChI=1S/C8H10.C3H8.C2H2/c1-7-3-5-8(2)6-4-7;1-3-2;1-2/h3-6H,1-2H3;3H2,1-2H3;1-2H. The zero-order chi connectivity index (χ0) is 10.7. The van der Waals surface area contributed by atoms with Gasteiger partial charge in [0.1, 0.15) is 0 Å². The van der Waals surface area contributed by atoms with Crippen molar-refractivity contribution >= 4 is 0 Å². The summed E-state index contributed by atoms with van der Waals surface area (Å²) in [5.74, 6) is 0. The molecule has 1 rings (SSSR count). The van der Waals surface area contributed by atoms with E-state index in [2.05, 4.69) is 64.8 Å². The normalized spacial score (nSPS) is 7.23. The van der Waals surface area contributed by atoms with E-state index in [1.54, 1.807) is 0 Å². The third kappa shape index (κ3) is 10.8. The number of rotatable bonds is 0. The Labute approximate surface area is 83.0 Å². The van der Waals surface area contributed by atoms with Crippen LogP contribution in [0.25, 0.3) is 0 Å². The average Bonchev–Trinajstić information content (AvgIpc) is 2.15. The molecule has 0 unspecified atom stereocenters. The molecule has 0 aromatic heterocycles. The van der Waals surface area contributed by atoms with E-state index < -0.39 is 0 Å². The Bertz CT molecular complexity index is 182. The number of terminal acetylenes is 1.